The zero-order valence-electron chi connectivity index (χ0n) is 19.0. The van der Waals surface area contributed by atoms with Gasteiger partial charge < -0.3 is 5.32 Å². The van der Waals surface area contributed by atoms with E-state index < -0.39 is 11.7 Å². The Morgan fingerprint density at radius 3 is 2.32 bits per heavy atom. The number of fused-ring (bicyclic) bond motifs is 1. The minimum atomic E-state index is -4.35. The van der Waals surface area contributed by atoms with E-state index in [2.05, 4.69) is 35.1 Å². The van der Waals surface area contributed by atoms with Crippen LogP contribution in [0.1, 0.15) is 25.0 Å². The zero-order chi connectivity index (χ0) is 24.3. The number of anilines is 2. The lowest BCUT2D eigenvalue weighted by Gasteiger charge is -2.21. The molecule has 4 aromatic rings. The molecular weight excluding hydrogens is 459 g/mol. The van der Waals surface area contributed by atoms with Crippen molar-refractivity contribution < 1.29 is 13.2 Å². The standard InChI is InChI=1S/C27H25ClF3N3/c1-3-34(4-2)17-19-15-22(33-25-13-14-32-26-16-21(28)9-11-24(25)26)10-12-23(19)18-5-7-20(8-6-18)27(29,30)31/h5-16H,3-4,17H2,1-2H3,(H,32,33). The van der Waals surface area contributed by atoms with Crippen LogP contribution >= 0.6 is 11.6 Å². The van der Waals surface area contributed by atoms with Crippen LogP contribution in [0.4, 0.5) is 24.5 Å². The van der Waals surface area contributed by atoms with Gasteiger partial charge in [-0.2, -0.15) is 13.2 Å². The quantitative estimate of drug-likeness (QED) is 0.287. The Morgan fingerprint density at radius 1 is 0.912 bits per heavy atom. The van der Waals surface area contributed by atoms with Crippen LogP contribution < -0.4 is 5.32 Å². The molecule has 0 saturated carbocycles. The number of pyridine rings is 1. The van der Waals surface area contributed by atoms with Crippen molar-refractivity contribution in [2.45, 2.75) is 26.6 Å². The van der Waals surface area contributed by atoms with E-state index in [0.29, 0.717) is 11.6 Å². The molecule has 7 heteroatoms. The Labute approximate surface area is 202 Å². The number of benzene rings is 3. The van der Waals surface area contributed by atoms with E-state index in [0.717, 1.165) is 64.2 Å². The molecule has 0 amide bonds. The second kappa shape index (κ2) is 10.0. The molecule has 3 aromatic carbocycles. The fourth-order valence-corrected chi connectivity index (χ4v) is 4.16. The van der Waals surface area contributed by atoms with Gasteiger partial charge in [0.05, 0.1) is 11.1 Å². The molecule has 1 aromatic heterocycles. The highest BCUT2D eigenvalue weighted by Gasteiger charge is 2.30. The summed E-state index contributed by atoms with van der Waals surface area (Å²) in [4.78, 5) is 6.66. The molecule has 1 N–H and O–H groups in total. The number of halogens is 4. The maximum atomic E-state index is 13.0. The van der Waals surface area contributed by atoms with Crippen LogP contribution in [-0.2, 0) is 12.7 Å². The number of nitrogens with one attached hydrogen (secondary N) is 1. The molecule has 3 nitrogen and oxygen atoms in total. The van der Waals surface area contributed by atoms with Crippen molar-refractivity contribution in [3.63, 3.8) is 0 Å². The van der Waals surface area contributed by atoms with Crippen LogP contribution in [0.3, 0.4) is 0 Å². The number of rotatable bonds is 7. The third-order valence-electron chi connectivity index (χ3n) is 5.90. The van der Waals surface area contributed by atoms with Crippen molar-refractivity contribution in [2.24, 2.45) is 0 Å². The summed E-state index contributed by atoms with van der Waals surface area (Å²) < 4.78 is 39.1. The lowest BCUT2D eigenvalue weighted by molar-refractivity contribution is -0.137. The fraction of sp³-hybridized carbons (Fsp3) is 0.222. The molecule has 0 unspecified atom stereocenters. The summed E-state index contributed by atoms with van der Waals surface area (Å²) in [7, 11) is 0. The smallest absolute Gasteiger partial charge is 0.355 e. The Bertz CT molecular complexity index is 1280. The molecule has 0 atom stereocenters. The van der Waals surface area contributed by atoms with Crippen LogP contribution in [0.5, 0.6) is 0 Å². The van der Waals surface area contributed by atoms with E-state index in [4.69, 9.17) is 11.6 Å². The van der Waals surface area contributed by atoms with Crippen molar-refractivity contribution in [1.82, 2.24) is 9.88 Å². The van der Waals surface area contributed by atoms with Crippen molar-refractivity contribution in [3.8, 4) is 11.1 Å². The minimum Gasteiger partial charge on any atom is -0.355 e. The van der Waals surface area contributed by atoms with Gasteiger partial charge in [-0.25, -0.2) is 0 Å². The topological polar surface area (TPSA) is 28.2 Å². The van der Waals surface area contributed by atoms with Crippen LogP contribution in [0.25, 0.3) is 22.0 Å². The molecule has 4 rings (SSSR count). The molecular formula is C27H25ClF3N3. The Balaban J connectivity index is 1.72. The Morgan fingerprint density at radius 2 is 1.65 bits per heavy atom. The van der Waals surface area contributed by atoms with E-state index in [1.54, 1.807) is 6.20 Å². The normalized spacial score (nSPS) is 11.9. The first-order valence-corrected chi connectivity index (χ1v) is 11.5. The van der Waals surface area contributed by atoms with Crippen LogP contribution in [0.2, 0.25) is 5.02 Å². The summed E-state index contributed by atoms with van der Waals surface area (Å²) in [6.45, 7) is 6.62. The molecule has 0 aliphatic heterocycles. The van der Waals surface area contributed by atoms with E-state index in [9.17, 15) is 13.2 Å². The molecule has 176 valence electrons. The third-order valence-corrected chi connectivity index (χ3v) is 6.14. The summed E-state index contributed by atoms with van der Waals surface area (Å²) in [5.74, 6) is 0. The van der Waals surface area contributed by atoms with Crippen LogP contribution in [-0.4, -0.2) is 23.0 Å². The predicted molar refractivity (Wildman–Crippen MR) is 134 cm³/mol. The first-order valence-electron chi connectivity index (χ1n) is 11.1. The van der Waals surface area contributed by atoms with Gasteiger partial charge in [-0.15, -0.1) is 0 Å². The third kappa shape index (κ3) is 5.34. The number of alkyl halides is 3. The molecule has 1 heterocycles. The van der Waals surface area contributed by atoms with Crippen LogP contribution in [0, 0.1) is 0 Å². The molecule has 0 aliphatic carbocycles. The van der Waals surface area contributed by atoms with Gasteiger partial charge in [-0.1, -0.05) is 43.6 Å². The second-order valence-electron chi connectivity index (χ2n) is 8.05. The van der Waals surface area contributed by atoms with Crippen molar-refractivity contribution >= 4 is 33.9 Å². The van der Waals surface area contributed by atoms with E-state index in [1.807, 2.05) is 36.4 Å². The lowest BCUT2D eigenvalue weighted by Crippen LogP contribution is -2.22. The average molecular weight is 484 g/mol. The van der Waals surface area contributed by atoms with Crippen molar-refractivity contribution in [1.29, 1.82) is 0 Å². The van der Waals surface area contributed by atoms with Gasteiger partial charge in [0.2, 0.25) is 0 Å². The van der Waals surface area contributed by atoms with Crippen molar-refractivity contribution in [2.75, 3.05) is 18.4 Å². The highest BCUT2D eigenvalue weighted by Crippen LogP contribution is 2.34. The van der Waals surface area contributed by atoms with Gasteiger partial charge in [0.25, 0.3) is 0 Å². The molecule has 0 aliphatic rings. The van der Waals surface area contributed by atoms with Gasteiger partial charge in [0.15, 0.2) is 0 Å². The monoisotopic (exact) mass is 483 g/mol. The molecule has 0 spiro atoms. The number of nitrogens with zero attached hydrogens (tertiary/aromatic N) is 2. The van der Waals surface area contributed by atoms with Crippen molar-refractivity contribution in [3.05, 3.63) is 89.1 Å². The predicted octanol–water partition coefficient (Wildman–Crippen LogP) is 8.16. The molecule has 0 radical (unpaired) electrons. The number of hydrogen-bond acceptors (Lipinski definition) is 3. The largest absolute Gasteiger partial charge is 0.416 e. The summed E-state index contributed by atoms with van der Waals surface area (Å²) in [5.41, 5.74) is 4.64. The molecule has 0 fully saturated rings. The van der Waals surface area contributed by atoms with Gasteiger partial charge in [-0.05, 0) is 78.3 Å². The Kier molecular flexibility index (Phi) is 7.10. The summed E-state index contributed by atoms with van der Waals surface area (Å²) >= 11 is 6.11. The highest BCUT2D eigenvalue weighted by molar-refractivity contribution is 6.31. The summed E-state index contributed by atoms with van der Waals surface area (Å²) in [5, 5.41) is 5.05. The van der Waals surface area contributed by atoms with Gasteiger partial charge >= 0.3 is 6.18 Å². The summed E-state index contributed by atoms with van der Waals surface area (Å²) in [6.07, 6.45) is -2.62. The first kappa shape index (κ1) is 24.0. The van der Waals surface area contributed by atoms with Crippen LogP contribution in [0.15, 0.2) is 72.9 Å². The van der Waals surface area contributed by atoms with E-state index in [-0.39, 0.29) is 0 Å². The maximum Gasteiger partial charge on any atom is 0.416 e. The summed E-state index contributed by atoms with van der Waals surface area (Å²) in [6, 6.07) is 18.8. The maximum absolute atomic E-state index is 13.0. The van der Waals surface area contributed by atoms with Gasteiger partial charge in [0, 0.05) is 34.5 Å². The zero-order valence-corrected chi connectivity index (χ0v) is 19.7. The average Bonchev–Trinajstić information content (AvgIpc) is 2.82. The first-order chi connectivity index (χ1) is 16.3. The number of hydrogen-bond donors (Lipinski definition) is 1. The number of aromatic nitrogens is 1. The molecule has 0 bridgehead atoms. The highest BCUT2D eigenvalue weighted by atomic mass is 35.5. The fourth-order valence-electron chi connectivity index (χ4n) is 4.00. The minimum absolute atomic E-state index is 0.625. The lowest BCUT2D eigenvalue weighted by atomic mass is 9.97. The molecule has 0 saturated heterocycles. The Hall–Kier alpha value is -3.09. The SMILES string of the molecule is CCN(CC)Cc1cc(Nc2ccnc3cc(Cl)ccc23)ccc1-c1ccc(C(F)(F)F)cc1. The van der Waals surface area contributed by atoms with E-state index >= 15 is 0 Å². The van der Waals surface area contributed by atoms with Gasteiger partial charge in [-0.3, -0.25) is 9.88 Å². The second-order valence-corrected chi connectivity index (χ2v) is 8.49. The molecule has 34 heavy (non-hydrogen) atoms. The van der Waals surface area contributed by atoms with E-state index in [1.165, 1.54) is 12.1 Å². The van der Waals surface area contributed by atoms with Gasteiger partial charge in [0.1, 0.15) is 0 Å².